The van der Waals surface area contributed by atoms with Crippen molar-refractivity contribution >= 4 is 5.65 Å². The van der Waals surface area contributed by atoms with Crippen molar-refractivity contribution in [2.75, 3.05) is 26.8 Å². The minimum Gasteiger partial charge on any atom is -0.383 e. The second-order valence-corrected chi connectivity index (χ2v) is 6.42. The third-order valence-electron chi connectivity index (χ3n) is 4.56. The number of aromatic amines is 1. The van der Waals surface area contributed by atoms with E-state index in [0.29, 0.717) is 36.0 Å². The first kappa shape index (κ1) is 17.4. The highest BCUT2D eigenvalue weighted by Gasteiger charge is 2.17. The van der Waals surface area contributed by atoms with Gasteiger partial charge in [0, 0.05) is 39.0 Å². The van der Waals surface area contributed by atoms with Gasteiger partial charge in [-0.1, -0.05) is 12.2 Å². The molecule has 1 aliphatic rings. The fourth-order valence-corrected chi connectivity index (χ4v) is 3.26. The van der Waals surface area contributed by atoms with Gasteiger partial charge >= 0.3 is 0 Å². The average Bonchev–Trinajstić information content (AvgIpc) is 3.04. The normalized spacial score (nSPS) is 17.2. The van der Waals surface area contributed by atoms with E-state index in [0.717, 1.165) is 25.9 Å². The van der Waals surface area contributed by atoms with Gasteiger partial charge in [0.25, 0.3) is 5.56 Å². The fraction of sp³-hybridized carbons (Fsp3) is 0.500. The van der Waals surface area contributed by atoms with Gasteiger partial charge in [-0.05, 0) is 25.2 Å². The smallest absolute Gasteiger partial charge is 0.272 e. The molecule has 1 atom stereocenters. The molecular formula is C18H23N5O2. The maximum atomic E-state index is 12.2. The first-order valence-electron chi connectivity index (χ1n) is 8.57. The second-order valence-electron chi connectivity index (χ2n) is 6.42. The zero-order valence-electron chi connectivity index (χ0n) is 14.4. The van der Waals surface area contributed by atoms with Gasteiger partial charge in [-0.2, -0.15) is 5.26 Å². The number of ether oxygens (including phenoxy) is 1. The number of rotatable bonds is 7. The Hall–Kier alpha value is -2.43. The van der Waals surface area contributed by atoms with Crippen LogP contribution >= 0.6 is 0 Å². The third-order valence-corrected chi connectivity index (χ3v) is 4.56. The molecule has 0 fully saturated rings. The lowest BCUT2D eigenvalue weighted by Crippen LogP contribution is -2.33. The standard InChI is InChI=1S/C18H23N5O2/c1-25-8-7-22(12-14-5-3-2-4-6-14)13-16-9-17(24)23-18(21-16)15(10-19)11-20-23/h2-3,9,11,14,20H,4-8,12-13H2,1H3. The van der Waals surface area contributed by atoms with Crippen LogP contribution in [0.1, 0.15) is 30.5 Å². The number of allylic oxidation sites excluding steroid dienone is 2. The third kappa shape index (κ3) is 4.16. The average molecular weight is 341 g/mol. The van der Waals surface area contributed by atoms with E-state index in [-0.39, 0.29) is 5.56 Å². The molecule has 1 unspecified atom stereocenters. The molecule has 0 amide bonds. The Kier molecular flexibility index (Phi) is 5.64. The number of methoxy groups -OCH3 is 1. The lowest BCUT2D eigenvalue weighted by molar-refractivity contribution is 0.129. The molecular weight excluding hydrogens is 318 g/mol. The zero-order chi connectivity index (χ0) is 17.6. The van der Waals surface area contributed by atoms with Crippen LogP contribution in [0.2, 0.25) is 0 Å². The van der Waals surface area contributed by atoms with Crippen molar-refractivity contribution in [1.82, 2.24) is 19.5 Å². The minimum absolute atomic E-state index is 0.200. The first-order chi connectivity index (χ1) is 12.2. The molecule has 2 heterocycles. The number of fused-ring (bicyclic) bond motifs is 1. The van der Waals surface area contributed by atoms with Crippen molar-refractivity contribution in [2.24, 2.45) is 5.92 Å². The van der Waals surface area contributed by atoms with Crippen LogP contribution in [-0.2, 0) is 11.3 Å². The molecule has 0 aliphatic heterocycles. The Morgan fingerprint density at radius 3 is 3.12 bits per heavy atom. The Morgan fingerprint density at radius 2 is 2.40 bits per heavy atom. The van der Waals surface area contributed by atoms with E-state index >= 15 is 0 Å². The fourth-order valence-electron chi connectivity index (χ4n) is 3.26. The van der Waals surface area contributed by atoms with Gasteiger partial charge in [-0.25, -0.2) is 9.50 Å². The Morgan fingerprint density at radius 1 is 1.52 bits per heavy atom. The van der Waals surface area contributed by atoms with Crippen molar-refractivity contribution < 1.29 is 4.74 Å². The SMILES string of the molecule is COCCN(Cc1cc(=O)n2[nH]cc(C#N)c2n1)CC1CC=CCC1. The minimum atomic E-state index is -0.200. The predicted octanol–water partition coefficient (Wildman–Crippen LogP) is 1.70. The van der Waals surface area contributed by atoms with Crippen LogP contribution in [0.3, 0.4) is 0 Å². The highest BCUT2D eigenvalue weighted by molar-refractivity contribution is 5.53. The Bertz CT molecular complexity index is 845. The summed E-state index contributed by atoms with van der Waals surface area (Å²) in [4.78, 5) is 19.0. The van der Waals surface area contributed by atoms with Crippen LogP contribution < -0.4 is 5.56 Å². The van der Waals surface area contributed by atoms with E-state index in [9.17, 15) is 4.79 Å². The lowest BCUT2D eigenvalue weighted by atomic mass is 9.94. The molecule has 1 aliphatic carbocycles. The monoisotopic (exact) mass is 341 g/mol. The summed E-state index contributed by atoms with van der Waals surface area (Å²) in [5.41, 5.74) is 1.24. The molecule has 132 valence electrons. The summed E-state index contributed by atoms with van der Waals surface area (Å²) in [6.45, 7) is 2.95. The summed E-state index contributed by atoms with van der Waals surface area (Å²) in [5.74, 6) is 0.619. The van der Waals surface area contributed by atoms with Crippen molar-refractivity contribution in [1.29, 1.82) is 5.26 Å². The van der Waals surface area contributed by atoms with Gasteiger partial charge in [0.1, 0.15) is 11.6 Å². The van der Waals surface area contributed by atoms with E-state index in [2.05, 4.69) is 33.2 Å². The Labute approximate surface area is 146 Å². The highest BCUT2D eigenvalue weighted by atomic mass is 16.5. The zero-order valence-corrected chi connectivity index (χ0v) is 14.4. The molecule has 2 aromatic rings. The van der Waals surface area contributed by atoms with E-state index in [1.165, 1.54) is 23.2 Å². The molecule has 0 saturated carbocycles. The number of nitriles is 1. The topological polar surface area (TPSA) is 86.4 Å². The summed E-state index contributed by atoms with van der Waals surface area (Å²) >= 11 is 0. The van der Waals surface area contributed by atoms with Crippen LogP contribution in [0, 0.1) is 17.2 Å². The molecule has 0 radical (unpaired) electrons. The molecule has 0 saturated heterocycles. The van der Waals surface area contributed by atoms with Gasteiger partial charge < -0.3 is 4.74 Å². The summed E-state index contributed by atoms with van der Waals surface area (Å²) in [7, 11) is 1.69. The number of nitrogens with one attached hydrogen (secondary N) is 1. The maximum absolute atomic E-state index is 12.2. The lowest BCUT2D eigenvalue weighted by Gasteiger charge is -2.27. The van der Waals surface area contributed by atoms with Crippen LogP contribution in [0.25, 0.3) is 5.65 Å². The van der Waals surface area contributed by atoms with Gasteiger partial charge in [0.2, 0.25) is 0 Å². The molecule has 7 heteroatoms. The maximum Gasteiger partial charge on any atom is 0.272 e. The molecule has 3 rings (SSSR count). The molecule has 0 bridgehead atoms. The molecule has 1 N–H and O–H groups in total. The van der Waals surface area contributed by atoms with Crippen molar-refractivity contribution in [3.8, 4) is 6.07 Å². The van der Waals surface area contributed by atoms with Crippen molar-refractivity contribution in [3.05, 3.63) is 46.0 Å². The van der Waals surface area contributed by atoms with Crippen LogP contribution in [-0.4, -0.2) is 46.3 Å². The second kappa shape index (κ2) is 8.10. The van der Waals surface area contributed by atoms with Crippen LogP contribution in [0.15, 0.2) is 29.2 Å². The van der Waals surface area contributed by atoms with E-state index in [4.69, 9.17) is 10.00 Å². The summed E-state index contributed by atoms with van der Waals surface area (Å²) < 4.78 is 6.53. The van der Waals surface area contributed by atoms with E-state index in [1.54, 1.807) is 7.11 Å². The van der Waals surface area contributed by atoms with Gasteiger partial charge in [-0.15, -0.1) is 0 Å². The number of hydrogen-bond donors (Lipinski definition) is 1. The molecule has 2 aromatic heterocycles. The van der Waals surface area contributed by atoms with Crippen LogP contribution in [0.4, 0.5) is 0 Å². The predicted molar refractivity (Wildman–Crippen MR) is 94.2 cm³/mol. The van der Waals surface area contributed by atoms with Crippen molar-refractivity contribution in [3.63, 3.8) is 0 Å². The van der Waals surface area contributed by atoms with Gasteiger partial charge in [0.05, 0.1) is 12.3 Å². The van der Waals surface area contributed by atoms with E-state index < -0.39 is 0 Å². The number of aromatic nitrogens is 3. The summed E-state index contributed by atoms with van der Waals surface area (Å²) in [6, 6.07) is 3.60. The molecule has 0 aromatic carbocycles. The largest absolute Gasteiger partial charge is 0.383 e. The summed E-state index contributed by atoms with van der Waals surface area (Å²) in [5, 5.41) is 11.9. The highest BCUT2D eigenvalue weighted by Crippen LogP contribution is 2.20. The van der Waals surface area contributed by atoms with Crippen LogP contribution in [0.5, 0.6) is 0 Å². The number of H-pyrrole nitrogens is 1. The number of nitrogens with zero attached hydrogens (tertiary/aromatic N) is 4. The van der Waals surface area contributed by atoms with Crippen molar-refractivity contribution in [2.45, 2.75) is 25.8 Å². The first-order valence-corrected chi connectivity index (χ1v) is 8.57. The molecule has 7 nitrogen and oxygen atoms in total. The molecule has 25 heavy (non-hydrogen) atoms. The van der Waals surface area contributed by atoms with E-state index in [1.807, 2.05) is 0 Å². The summed E-state index contributed by atoms with van der Waals surface area (Å²) in [6.07, 6.45) is 9.40. The molecule has 0 spiro atoms. The number of hydrogen-bond acceptors (Lipinski definition) is 5. The van der Waals surface area contributed by atoms with Gasteiger partial charge in [0.15, 0.2) is 5.65 Å². The Balaban J connectivity index is 1.80. The van der Waals surface area contributed by atoms with Gasteiger partial charge in [-0.3, -0.25) is 14.8 Å². The quantitative estimate of drug-likeness (QED) is 0.775.